The molecular formula is C15H29N3OS. The van der Waals surface area contributed by atoms with Crippen LogP contribution in [-0.2, 0) is 17.8 Å². The van der Waals surface area contributed by atoms with Crippen molar-refractivity contribution in [1.82, 2.24) is 15.2 Å². The zero-order valence-corrected chi connectivity index (χ0v) is 14.1. The van der Waals surface area contributed by atoms with E-state index in [0.29, 0.717) is 6.04 Å². The molecule has 0 unspecified atom stereocenters. The molecule has 1 N–H and O–H groups in total. The van der Waals surface area contributed by atoms with Crippen molar-refractivity contribution >= 4 is 11.3 Å². The summed E-state index contributed by atoms with van der Waals surface area (Å²) in [4.78, 5) is 7.22. The Hall–Kier alpha value is -0.490. The first-order valence-corrected chi connectivity index (χ1v) is 8.49. The highest BCUT2D eigenvalue weighted by Crippen LogP contribution is 2.16. The van der Waals surface area contributed by atoms with Crippen LogP contribution in [-0.4, -0.2) is 42.7 Å². The molecular weight excluding hydrogens is 270 g/mol. The topological polar surface area (TPSA) is 37.4 Å². The van der Waals surface area contributed by atoms with Crippen molar-refractivity contribution in [2.24, 2.45) is 0 Å². The third kappa shape index (κ3) is 5.87. The second-order valence-corrected chi connectivity index (χ2v) is 5.89. The van der Waals surface area contributed by atoms with E-state index in [9.17, 15) is 0 Å². The summed E-state index contributed by atoms with van der Waals surface area (Å²) in [5.41, 5.74) is 1.19. The lowest BCUT2D eigenvalue weighted by molar-refractivity contribution is 0.109. The molecule has 0 radical (unpaired) electrons. The molecule has 0 aliphatic heterocycles. The van der Waals surface area contributed by atoms with Crippen LogP contribution in [0, 0.1) is 0 Å². The van der Waals surface area contributed by atoms with Crippen molar-refractivity contribution in [3.05, 3.63) is 16.1 Å². The van der Waals surface area contributed by atoms with E-state index < -0.39 is 0 Å². The Morgan fingerprint density at radius 3 is 2.70 bits per heavy atom. The molecule has 0 amide bonds. The van der Waals surface area contributed by atoms with Gasteiger partial charge in [-0.05, 0) is 19.4 Å². The van der Waals surface area contributed by atoms with Gasteiger partial charge in [-0.2, -0.15) is 0 Å². The van der Waals surface area contributed by atoms with Crippen LogP contribution in [0.1, 0.15) is 44.3 Å². The molecule has 4 nitrogen and oxygen atoms in total. The molecule has 5 heteroatoms. The van der Waals surface area contributed by atoms with Gasteiger partial charge in [0.1, 0.15) is 5.01 Å². The molecule has 0 bridgehead atoms. The van der Waals surface area contributed by atoms with E-state index in [1.807, 2.05) is 0 Å². The van der Waals surface area contributed by atoms with Gasteiger partial charge in [0.2, 0.25) is 0 Å². The first-order chi connectivity index (χ1) is 9.74. The number of nitrogens with one attached hydrogen (secondary N) is 1. The van der Waals surface area contributed by atoms with Crippen molar-refractivity contribution in [3.63, 3.8) is 0 Å². The standard InChI is InChI=1S/C15H29N3OS/c1-5-14(6-2)18(8-9-19-4)11-13-12-20-15(17-13)10-16-7-3/h12,14,16H,5-11H2,1-4H3. The third-order valence-electron chi connectivity index (χ3n) is 3.53. The highest BCUT2D eigenvalue weighted by molar-refractivity contribution is 7.09. The normalized spacial score (nSPS) is 11.7. The maximum atomic E-state index is 5.24. The van der Waals surface area contributed by atoms with E-state index in [1.165, 1.54) is 23.5 Å². The largest absolute Gasteiger partial charge is 0.383 e. The average molecular weight is 299 g/mol. The van der Waals surface area contributed by atoms with Crippen molar-refractivity contribution in [2.45, 2.75) is 52.7 Å². The molecule has 20 heavy (non-hydrogen) atoms. The van der Waals surface area contributed by atoms with Gasteiger partial charge < -0.3 is 10.1 Å². The summed E-state index contributed by atoms with van der Waals surface area (Å²) in [6.45, 7) is 11.2. The fraction of sp³-hybridized carbons (Fsp3) is 0.800. The molecule has 0 saturated heterocycles. The lowest BCUT2D eigenvalue weighted by Crippen LogP contribution is -2.36. The second kappa shape index (κ2) is 10.3. The summed E-state index contributed by atoms with van der Waals surface area (Å²) in [5, 5.41) is 6.69. The summed E-state index contributed by atoms with van der Waals surface area (Å²) in [5.74, 6) is 0. The van der Waals surface area contributed by atoms with E-state index in [-0.39, 0.29) is 0 Å². The Bertz CT molecular complexity index is 353. The lowest BCUT2D eigenvalue weighted by Gasteiger charge is -2.29. The summed E-state index contributed by atoms with van der Waals surface area (Å²) in [6.07, 6.45) is 2.35. The molecule has 0 aliphatic rings. The molecule has 1 aromatic heterocycles. The Kier molecular flexibility index (Phi) is 9.02. The van der Waals surface area contributed by atoms with Crippen LogP contribution in [0.25, 0.3) is 0 Å². The first-order valence-electron chi connectivity index (χ1n) is 7.62. The van der Waals surface area contributed by atoms with Crippen LogP contribution in [0.15, 0.2) is 5.38 Å². The minimum absolute atomic E-state index is 0.615. The predicted molar refractivity (Wildman–Crippen MR) is 86.2 cm³/mol. The number of methoxy groups -OCH3 is 1. The molecule has 0 fully saturated rings. The van der Waals surface area contributed by atoms with Gasteiger partial charge in [0, 0.05) is 38.2 Å². The van der Waals surface area contributed by atoms with Gasteiger partial charge in [-0.15, -0.1) is 11.3 Å². The number of rotatable bonds is 11. The zero-order valence-electron chi connectivity index (χ0n) is 13.3. The SMILES string of the molecule is CCNCc1nc(CN(CCOC)C(CC)CC)cs1. The van der Waals surface area contributed by atoms with E-state index in [0.717, 1.165) is 32.8 Å². The number of hydrogen-bond acceptors (Lipinski definition) is 5. The Labute approximate surface area is 127 Å². The molecule has 0 saturated carbocycles. The molecule has 1 rings (SSSR count). The molecule has 0 spiro atoms. The summed E-state index contributed by atoms with van der Waals surface area (Å²) in [6, 6.07) is 0.615. The highest BCUT2D eigenvalue weighted by Gasteiger charge is 2.16. The van der Waals surface area contributed by atoms with Gasteiger partial charge in [-0.25, -0.2) is 4.98 Å². The van der Waals surface area contributed by atoms with Crippen molar-refractivity contribution in [1.29, 1.82) is 0 Å². The van der Waals surface area contributed by atoms with E-state index in [2.05, 4.69) is 36.4 Å². The lowest BCUT2D eigenvalue weighted by atomic mass is 10.1. The molecule has 0 aliphatic carbocycles. The number of thiazole rings is 1. The minimum Gasteiger partial charge on any atom is -0.383 e. The fourth-order valence-corrected chi connectivity index (χ4v) is 3.10. The van der Waals surface area contributed by atoms with Crippen molar-refractivity contribution < 1.29 is 4.74 Å². The van der Waals surface area contributed by atoms with Crippen LogP contribution in [0.3, 0.4) is 0 Å². The fourth-order valence-electron chi connectivity index (χ4n) is 2.35. The monoisotopic (exact) mass is 299 g/mol. The van der Waals surface area contributed by atoms with E-state index in [1.54, 1.807) is 18.4 Å². The molecule has 0 aromatic carbocycles. The van der Waals surface area contributed by atoms with Crippen LogP contribution in [0.5, 0.6) is 0 Å². The molecule has 1 heterocycles. The Morgan fingerprint density at radius 2 is 2.10 bits per heavy atom. The summed E-state index contributed by atoms with van der Waals surface area (Å²) < 4.78 is 5.24. The second-order valence-electron chi connectivity index (χ2n) is 4.95. The van der Waals surface area contributed by atoms with Gasteiger partial charge in [-0.1, -0.05) is 20.8 Å². The van der Waals surface area contributed by atoms with Crippen molar-refractivity contribution in [2.75, 3.05) is 26.8 Å². The van der Waals surface area contributed by atoms with Crippen LogP contribution >= 0.6 is 11.3 Å². The number of nitrogens with zero attached hydrogens (tertiary/aromatic N) is 2. The Morgan fingerprint density at radius 1 is 1.35 bits per heavy atom. The maximum Gasteiger partial charge on any atom is 0.107 e. The van der Waals surface area contributed by atoms with Gasteiger partial charge in [-0.3, -0.25) is 4.90 Å². The first kappa shape index (κ1) is 17.6. The smallest absolute Gasteiger partial charge is 0.107 e. The van der Waals surface area contributed by atoms with Gasteiger partial charge in [0.15, 0.2) is 0 Å². The van der Waals surface area contributed by atoms with Gasteiger partial charge >= 0.3 is 0 Å². The molecule has 116 valence electrons. The summed E-state index contributed by atoms with van der Waals surface area (Å²) >= 11 is 1.75. The summed E-state index contributed by atoms with van der Waals surface area (Å²) in [7, 11) is 1.77. The van der Waals surface area contributed by atoms with Crippen LogP contribution < -0.4 is 5.32 Å². The molecule has 1 aromatic rings. The minimum atomic E-state index is 0.615. The van der Waals surface area contributed by atoms with E-state index >= 15 is 0 Å². The van der Waals surface area contributed by atoms with Gasteiger partial charge in [0.25, 0.3) is 0 Å². The average Bonchev–Trinajstić information content (AvgIpc) is 2.91. The number of ether oxygens (including phenoxy) is 1. The van der Waals surface area contributed by atoms with Gasteiger partial charge in [0.05, 0.1) is 12.3 Å². The van der Waals surface area contributed by atoms with Crippen LogP contribution in [0.4, 0.5) is 0 Å². The predicted octanol–water partition coefficient (Wildman–Crippen LogP) is 2.89. The third-order valence-corrected chi connectivity index (χ3v) is 4.43. The molecule has 0 atom stereocenters. The van der Waals surface area contributed by atoms with Crippen molar-refractivity contribution in [3.8, 4) is 0 Å². The number of aromatic nitrogens is 1. The van der Waals surface area contributed by atoms with Crippen LogP contribution in [0.2, 0.25) is 0 Å². The maximum absolute atomic E-state index is 5.24. The van der Waals surface area contributed by atoms with E-state index in [4.69, 9.17) is 9.72 Å². The highest BCUT2D eigenvalue weighted by atomic mass is 32.1. The Balaban J connectivity index is 2.60. The zero-order chi connectivity index (χ0) is 14.8. The quantitative estimate of drug-likeness (QED) is 0.682. The number of hydrogen-bond donors (Lipinski definition) is 1.